The molecule has 1 unspecified atom stereocenters. The van der Waals surface area contributed by atoms with Gasteiger partial charge in [0.05, 0.1) is 12.2 Å². The van der Waals surface area contributed by atoms with Gasteiger partial charge in [0, 0.05) is 24.0 Å². The van der Waals surface area contributed by atoms with Crippen molar-refractivity contribution in [3.8, 4) is 34.0 Å². The second kappa shape index (κ2) is 13.8. The molecule has 0 saturated heterocycles. The molecular weight excluding hydrogens is 474 g/mol. The van der Waals surface area contributed by atoms with Gasteiger partial charge < -0.3 is 9.47 Å². The fourth-order valence-electron chi connectivity index (χ4n) is 3.84. The van der Waals surface area contributed by atoms with E-state index in [0.29, 0.717) is 29.9 Å². The summed E-state index contributed by atoms with van der Waals surface area (Å²) in [6.07, 6.45) is 10.2. The maximum atomic E-state index is 14.7. The van der Waals surface area contributed by atoms with Gasteiger partial charge in [-0.05, 0) is 56.0 Å². The number of esters is 1. The summed E-state index contributed by atoms with van der Waals surface area (Å²) in [5.41, 5.74) is -0.236. The molecule has 0 spiro atoms. The third-order valence-corrected chi connectivity index (χ3v) is 6.17. The maximum absolute atomic E-state index is 14.7. The maximum Gasteiger partial charge on any atom is 0.348 e. The van der Waals surface area contributed by atoms with Gasteiger partial charge in [-0.2, -0.15) is 0 Å². The van der Waals surface area contributed by atoms with Crippen LogP contribution in [0.4, 0.5) is 8.78 Å². The van der Waals surface area contributed by atoms with Crippen molar-refractivity contribution in [3.05, 3.63) is 60.7 Å². The average Bonchev–Trinajstić information content (AvgIpc) is 2.89. The van der Waals surface area contributed by atoms with Gasteiger partial charge in [-0.25, -0.2) is 23.5 Å². The molecule has 0 aliphatic rings. The van der Waals surface area contributed by atoms with Crippen molar-refractivity contribution in [3.63, 3.8) is 0 Å². The first-order valence-electron chi connectivity index (χ1n) is 13.1. The van der Waals surface area contributed by atoms with Crippen LogP contribution < -0.4 is 9.47 Å². The number of carbonyl (C=O) groups excluding carboxylic acids is 1. The number of aromatic nitrogens is 2. The van der Waals surface area contributed by atoms with Gasteiger partial charge in [-0.15, -0.1) is 0 Å². The molecule has 1 aromatic heterocycles. The molecule has 1 heterocycles. The second-order valence-corrected chi connectivity index (χ2v) is 9.41. The van der Waals surface area contributed by atoms with Crippen LogP contribution in [0.3, 0.4) is 0 Å². The number of hydrogen-bond donors (Lipinski definition) is 0. The number of halogens is 2. The second-order valence-electron chi connectivity index (χ2n) is 9.41. The van der Waals surface area contributed by atoms with Crippen molar-refractivity contribution in [1.29, 1.82) is 0 Å². The standard InChI is InChI=1S/C30H36F2N2O3/c1-4-6-8-10-18-36-25-15-16-26(27(31)19-25)28-33-20-23(21-34-28)22-11-13-24(14-12-22)37-29(35)30(3,32)17-9-7-5-2/h11-16,19-21H,4-10,17-18H2,1-3H3. The molecule has 2 aromatic carbocycles. The van der Waals surface area contributed by atoms with Gasteiger partial charge >= 0.3 is 5.97 Å². The Labute approximate surface area is 218 Å². The highest BCUT2D eigenvalue weighted by molar-refractivity contribution is 5.81. The smallest absolute Gasteiger partial charge is 0.348 e. The molecule has 0 amide bonds. The van der Waals surface area contributed by atoms with Crippen LogP contribution in [0.1, 0.15) is 72.1 Å². The van der Waals surface area contributed by atoms with Gasteiger partial charge in [0.2, 0.25) is 5.67 Å². The molecule has 0 aliphatic heterocycles. The van der Waals surface area contributed by atoms with Crippen LogP contribution >= 0.6 is 0 Å². The summed E-state index contributed by atoms with van der Waals surface area (Å²) in [5.74, 6) is -0.310. The first kappa shape index (κ1) is 28.2. The van der Waals surface area contributed by atoms with Crippen molar-refractivity contribution in [1.82, 2.24) is 9.97 Å². The minimum Gasteiger partial charge on any atom is -0.493 e. The van der Waals surface area contributed by atoms with Crippen LogP contribution in [0.15, 0.2) is 54.9 Å². The molecule has 3 rings (SSSR count). The molecule has 0 N–H and O–H groups in total. The van der Waals surface area contributed by atoms with E-state index in [9.17, 15) is 13.6 Å². The lowest BCUT2D eigenvalue weighted by atomic mass is 10.0. The molecule has 37 heavy (non-hydrogen) atoms. The summed E-state index contributed by atoms with van der Waals surface area (Å²) < 4.78 is 40.2. The molecule has 5 nitrogen and oxygen atoms in total. The van der Waals surface area contributed by atoms with E-state index < -0.39 is 17.5 Å². The van der Waals surface area contributed by atoms with Crippen molar-refractivity contribution in [2.45, 2.75) is 77.8 Å². The Morgan fingerprint density at radius 1 is 0.865 bits per heavy atom. The number of unbranched alkanes of at least 4 members (excludes halogenated alkanes) is 5. The average molecular weight is 511 g/mol. The summed E-state index contributed by atoms with van der Waals surface area (Å²) in [6.45, 7) is 6.00. The van der Waals surface area contributed by atoms with Crippen molar-refractivity contribution in [2.24, 2.45) is 0 Å². The Balaban J connectivity index is 1.60. The van der Waals surface area contributed by atoms with Crippen molar-refractivity contribution >= 4 is 5.97 Å². The predicted molar refractivity (Wildman–Crippen MR) is 142 cm³/mol. The molecule has 0 aliphatic carbocycles. The van der Waals surface area contributed by atoms with E-state index in [-0.39, 0.29) is 18.0 Å². The molecular formula is C30H36F2N2O3. The molecule has 1 atom stereocenters. The molecule has 7 heteroatoms. The number of hydrogen-bond acceptors (Lipinski definition) is 5. The summed E-state index contributed by atoms with van der Waals surface area (Å²) in [4.78, 5) is 20.9. The first-order valence-corrected chi connectivity index (χ1v) is 13.1. The van der Waals surface area contributed by atoms with E-state index in [1.807, 2.05) is 6.92 Å². The molecule has 198 valence electrons. The zero-order valence-corrected chi connectivity index (χ0v) is 21.9. The normalized spacial score (nSPS) is 12.7. The van der Waals surface area contributed by atoms with Crippen molar-refractivity contribution in [2.75, 3.05) is 6.61 Å². The molecule has 0 saturated carbocycles. The van der Waals surface area contributed by atoms with E-state index in [0.717, 1.165) is 37.7 Å². The highest BCUT2D eigenvalue weighted by atomic mass is 19.1. The monoisotopic (exact) mass is 510 g/mol. The number of ether oxygens (including phenoxy) is 2. The zero-order valence-electron chi connectivity index (χ0n) is 21.9. The quantitative estimate of drug-likeness (QED) is 0.124. The Morgan fingerprint density at radius 3 is 2.16 bits per heavy atom. The first-order chi connectivity index (χ1) is 17.8. The van der Waals surface area contributed by atoms with Crippen LogP contribution in [0.5, 0.6) is 11.5 Å². The summed E-state index contributed by atoms with van der Waals surface area (Å²) >= 11 is 0. The van der Waals surface area contributed by atoms with Crippen LogP contribution in [0.25, 0.3) is 22.5 Å². The zero-order chi connectivity index (χ0) is 26.7. The Hall–Kier alpha value is -3.35. The lowest BCUT2D eigenvalue weighted by molar-refractivity contribution is -0.147. The van der Waals surface area contributed by atoms with Crippen LogP contribution in [0.2, 0.25) is 0 Å². The summed E-state index contributed by atoms with van der Waals surface area (Å²) in [6, 6.07) is 11.4. The highest BCUT2D eigenvalue weighted by Crippen LogP contribution is 2.28. The number of nitrogens with zero attached hydrogens (tertiary/aromatic N) is 2. The van der Waals surface area contributed by atoms with Crippen LogP contribution in [-0.4, -0.2) is 28.2 Å². The molecule has 0 radical (unpaired) electrons. The van der Waals surface area contributed by atoms with E-state index in [1.165, 1.54) is 19.4 Å². The Bertz CT molecular complexity index is 1130. The van der Waals surface area contributed by atoms with Gasteiger partial charge in [0.1, 0.15) is 17.3 Å². The third kappa shape index (κ3) is 8.34. The van der Waals surface area contributed by atoms with Gasteiger partial charge in [0.25, 0.3) is 0 Å². The molecule has 3 aromatic rings. The van der Waals surface area contributed by atoms with Crippen molar-refractivity contribution < 1.29 is 23.0 Å². The highest BCUT2D eigenvalue weighted by Gasteiger charge is 2.34. The minimum atomic E-state index is -2.02. The topological polar surface area (TPSA) is 61.3 Å². The van der Waals surface area contributed by atoms with Gasteiger partial charge in [-0.3, -0.25) is 0 Å². The van der Waals surface area contributed by atoms with E-state index in [2.05, 4.69) is 16.9 Å². The SMILES string of the molecule is CCCCCCOc1ccc(-c2ncc(-c3ccc(OC(=O)C(C)(F)CCCCC)cc3)cn2)c(F)c1. The van der Waals surface area contributed by atoms with E-state index >= 15 is 0 Å². The van der Waals surface area contributed by atoms with Crippen LogP contribution in [-0.2, 0) is 4.79 Å². The summed E-state index contributed by atoms with van der Waals surface area (Å²) in [7, 11) is 0. The third-order valence-electron chi connectivity index (χ3n) is 6.17. The number of benzene rings is 2. The van der Waals surface area contributed by atoms with Crippen LogP contribution in [0, 0.1) is 5.82 Å². The minimum absolute atomic E-state index is 0.136. The van der Waals surface area contributed by atoms with Gasteiger partial charge in [-0.1, -0.05) is 58.1 Å². The lowest BCUT2D eigenvalue weighted by Gasteiger charge is -2.18. The number of alkyl halides is 1. The Morgan fingerprint density at radius 2 is 1.51 bits per heavy atom. The Kier molecular flexibility index (Phi) is 10.5. The number of rotatable bonds is 14. The van der Waals surface area contributed by atoms with Gasteiger partial charge in [0.15, 0.2) is 5.82 Å². The molecule has 0 bridgehead atoms. The summed E-state index contributed by atoms with van der Waals surface area (Å²) in [5, 5.41) is 0. The number of carbonyl (C=O) groups is 1. The lowest BCUT2D eigenvalue weighted by Crippen LogP contribution is -2.34. The largest absolute Gasteiger partial charge is 0.493 e. The fourth-order valence-corrected chi connectivity index (χ4v) is 3.84. The predicted octanol–water partition coefficient (Wildman–Crippen LogP) is 8.12. The molecule has 0 fully saturated rings. The fraction of sp³-hybridized carbons (Fsp3) is 0.433. The van der Waals surface area contributed by atoms with E-state index in [4.69, 9.17) is 9.47 Å². The van der Waals surface area contributed by atoms with E-state index in [1.54, 1.807) is 48.8 Å².